The van der Waals surface area contributed by atoms with Gasteiger partial charge in [-0.25, -0.2) is 9.59 Å². The molecular weight excluding hydrogens is 364 g/mol. The van der Waals surface area contributed by atoms with Crippen molar-refractivity contribution >= 4 is 11.9 Å². The number of hydrogen-bond donors (Lipinski definition) is 0. The summed E-state index contributed by atoms with van der Waals surface area (Å²) in [6.07, 6.45) is 3.61. The topological polar surface area (TPSA) is 52.6 Å². The zero-order chi connectivity index (χ0) is 21.3. The van der Waals surface area contributed by atoms with Crippen LogP contribution in [0, 0.1) is 19.3 Å². The summed E-state index contributed by atoms with van der Waals surface area (Å²) in [5.74, 6) is -0.687. The summed E-state index contributed by atoms with van der Waals surface area (Å²) in [5.41, 5.74) is 2.88. The van der Waals surface area contributed by atoms with Gasteiger partial charge in [0.15, 0.2) is 0 Å². The van der Waals surface area contributed by atoms with E-state index < -0.39 is 0 Å². The number of carbonyl (C=O) groups is 2. The Morgan fingerprint density at radius 2 is 1.17 bits per heavy atom. The Bertz CT molecular complexity index is 729. The van der Waals surface area contributed by atoms with Crippen LogP contribution in [0.5, 0.6) is 0 Å². The van der Waals surface area contributed by atoms with Crippen LogP contribution in [-0.2, 0) is 9.47 Å². The summed E-state index contributed by atoms with van der Waals surface area (Å²) in [7, 11) is 0. The fraction of sp³-hybridized carbons (Fsp3) is 0.440. The second kappa shape index (κ2) is 10.8. The van der Waals surface area contributed by atoms with Crippen molar-refractivity contribution in [1.82, 2.24) is 0 Å². The largest absolute Gasteiger partial charge is 0.461 e. The molecule has 0 saturated carbocycles. The van der Waals surface area contributed by atoms with E-state index in [0.29, 0.717) is 11.1 Å². The van der Waals surface area contributed by atoms with Gasteiger partial charge in [0.25, 0.3) is 0 Å². The maximum Gasteiger partial charge on any atom is 0.338 e. The third kappa shape index (κ3) is 6.74. The first-order chi connectivity index (χ1) is 13.9. The van der Waals surface area contributed by atoms with Crippen LogP contribution < -0.4 is 0 Å². The second-order valence-corrected chi connectivity index (χ2v) is 7.84. The highest BCUT2D eigenvalue weighted by molar-refractivity contribution is 5.90. The molecule has 4 heteroatoms. The van der Waals surface area contributed by atoms with Gasteiger partial charge in [0.05, 0.1) is 11.1 Å². The Hall–Kier alpha value is -2.62. The van der Waals surface area contributed by atoms with Crippen molar-refractivity contribution in [2.45, 2.75) is 53.4 Å². The van der Waals surface area contributed by atoms with Gasteiger partial charge < -0.3 is 9.47 Å². The zero-order valence-electron chi connectivity index (χ0n) is 18.0. The molecule has 0 N–H and O–H groups in total. The van der Waals surface area contributed by atoms with Crippen LogP contribution >= 0.6 is 0 Å². The Balaban J connectivity index is 2.04. The predicted molar refractivity (Wildman–Crippen MR) is 115 cm³/mol. The highest BCUT2D eigenvalue weighted by Gasteiger charge is 2.32. The number of unbranched alkanes of at least 4 members (excludes halogenated alkanes) is 1. The SMILES string of the molecule is CCCCC(CC)(COC(=O)c1ccc(C)cc1)COC(=O)c1ccc(C)cc1. The normalized spacial score (nSPS) is 11.2. The van der Waals surface area contributed by atoms with E-state index in [-0.39, 0.29) is 30.6 Å². The third-order valence-corrected chi connectivity index (χ3v) is 5.40. The molecule has 2 rings (SSSR count). The molecule has 0 saturated heterocycles. The van der Waals surface area contributed by atoms with Crippen LogP contribution in [-0.4, -0.2) is 25.2 Å². The lowest BCUT2D eigenvalue weighted by atomic mass is 9.81. The van der Waals surface area contributed by atoms with Gasteiger partial charge in [-0.1, -0.05) is 62.1 Å². The highest BCUT2D eigenvalue weighted by Crippen LogP contribution is 2.31. The van der Waals surface area contributed by atoms with Gasteiger partial charge in [0, 0.05) is 5.41 Å². The molecule has 2 aromatic rings. The predicted octanol–water partition coefficient (Wildman–Crippen LogP) is 5.90. The van der Waals surface area contributed by atoms with Crippen molar-refractivity contribution in [1.29, 1.82) is 0 Å². The van der Waals surface area contributed by atoms with Gasteiger partial charge in [-0.2, -0.15) is 0 Å². The van der Waals surface area contributed by atoms with Gasteiger partial charge in [0.2, 0.25) is 0 Å². The summed E-state index contributed by atoms with van der Waals surface area (Å²) >= 11 is 0. The molecule has 0 fully saturated rings. The fourth-order valence-electron chi connectivity index (χ4n) is 3.10. The molecule has 156 valence electrons. The molecule has 4 nitrogen and oxygen atoms in total. The van der Waals surface area contributed by atoms with Crippen molar-refractivity contribution in [3.8, 4) is 0 Å². The van der Waals surface area contributed by atoms with Crippen molar-refractivity contribution < 1.29 is 19.1 Å². The van der Waals surface area contributed by atoms with Crippen molar-refractivity contribution in [2.75, 3.05) is 13.2 Å². The van der Waals surface area contributed by atoms with Gasteiger partial charge in [-0.3, -0.25) is 0 Å². The molecule has 0 spiro atoms. The molecule has 0 aliphatic heterocycles. The van der Waals surface area contributed by atoms with E-state index in [1.165, 1.54) is 0 Å². The third-order valence-electron chi connectivity index (χ3n) is 5.40. The first-order valence-electron chi connectivity index (χ1n) is 10.4. The molecule has 0 bridgehead atoms. The molecule has 0 heterocycles. The number of carbonyl (C=O) groups excluding carboxylic acids is 2. The number of aryl methyl sites for hydroxylation is 2. The molecule has 2 aromatic carbocycles. The highest BCUT2D eigenvalue weighted by atomic mass is 16.5. The van der Waals surface area contributed by atoms with Crippen LogP contribution in [0.25, 0.3) is 0 Å². The molecule has 0 atom stereocenters. The maximum absolute atomic E-state index is 12.5. The Morgan fingerprint density at radius 1 is 0.759 bits per heavy atom. The van der Waals surface area contributed by atoms with E-state index in [2.05, 4.69) is 13.8 Å². The molecule has 0 amide bonds. The van der Waals surface area contributed by atoms with Crippen LogP contribution in [0.2, 0.25) is 0 Å². The van der Waals surface area contributed by atoms with Gasteiger partial charge in [-0.15, -0.1) is 0 Å². The number of rotatable bonds is 10. The minimum absolute atomic E-state index is 0.234. The standard InChI is InChI=1S/C25H32O4/c1-5-7-16-25(6-2,17-28-23(26)21-12-8-19(3)9-13-21)18-29-24(27)22-14-10-20(4)11-15-22/h8-15H,5-7,16-18H2,1-4H3. The number of benzene rings is 2. The van der Waals surface area contributed by atoms with Crippen LogP contribution in [0.3, 0.4) is 0 Å². The van der Waals surface area contributed by atoms with E-state index in [1.807, 2.05) is 38.1 Å². The summed E-state index contributed by atoms with van der Waals surface area (Å²) in [4.78, 5) is 24.9. The lowest BCUT2D eigenvalue weighted by Crippen LogP contribution is -2.34. The summed E-state index contributed by atoms with van der Waals surface area (Å²) < 4.78 is 11.3. The number of hydrogen-bond acceptors (Lipinski definition) is 4. The maximum atomic E-state index is 12.5. The van der Waals surface area contributed by atoms with Crippen LogP contribution in [0.1, 0.15) is 71.4 Å². The van der Waals surface area contributed by atoms with Crippen molar-refractivity contribution in [2.24, 2.45) is 5.41 Å². The summed E-state index contributed by atoms with van der Waals surface area (Å²) in [5, 5.41) is 0. The molecule has 0 unspecified atom stereocenters. The second-order valence-electron chi connectivity index (χ2n) is 7.84. The van der Waals surface area contributed by atoms with Crippen molar-refractivity contribution in [3.05, 3.63) is 70.8 Å². The molecular formula is C25H32O4. The number of ether oxygens (including phenoxy) is 2. The smallest absolute Gasteiger partial charge is 0.338 e. The molecule has 0 aromatic heterocycles. The first-order valence-corrected chi connectivity index (χ1v) is 10.4. The first kappa shape index (κ1) is 22.7. The lowest BCUT2D eigenvalue weighted by Gasteiger charge is -2.31. The van der Waals surface area contributed by atoms with E-state index >= 15 is 0 Å². The van der Waals surface area contributed by atoms with Crippen LogP contribution in [0.15, 0.2) is 48.5 Å². The summed E-state index contributed by atoms with van der Waals surface area (Å²) in [6, 6.07) is 14.7. The monoisotopic (exact) mass is 396 g/mol. The summed E-state index contributed by atoms with van der Waals surface area (Å²) in [6.45, 7) is 8.59. The minimum Gasteiger partial charge on any atom is -0.461 e. The number of esters is 2. The molecule has 0 aliphatic carbocycles. The van der Waals surface area contributed by atoms with Crippen molar-refractivity contribution in [3.63, 3.8) is 0 Å². The van der Waals surface area contributed by atoms with E-state index in [1.54, 1.807) is 24.3 Å². The average molecular weight is 397 g/mol. The molecule has 0 radical (unpaired) electrons. The van der Waals surface area contributed by atoms with E-state index in [0.717, 1.165) is 36.8 Å². The Kier molecular flexibility index (Phi) is 8.44. The van der Waals surface area contributed by atoms with Crippen LogP contribution in [0.4, 0.5) is 0 Å². The zero-order valence-corrected chi connectivity index (χ0v) is 18.0. The Labute approximate surface area is 174 Å². The van der Waals surface area contributed by atoms with Gasteiger partial charge >= 0.3 is 11.9 Å². The lowest BCUT2D eigenvalue weighted by molar-refractivity contribution is -0.0111. The van der Waals surface area contributed by atoms with E-state index in [4.69, 9.17) is 9.47 Å². The molecule has 29 heavy (non-hydrogen) atoms. The molecule has 0 aliphatic rings. The minimum atomic E-state index is -0.378. The quantitative estimate of drug-likeness (QED) is 0.469. The average Bonchev–Trinajstić information content (AvgIpc) is 2.74. The van der Waals surface area contributed by atoms with Gasteiger partial charge in [0.1, 0.15) is 13.2 Å². The fourth-order valence-corrected chi connectivity index (χ4v) is 3.10. The van der Waals surface area contributed by atoms with E-state index in [9.17, 15) is 9.59 Å². The van der Waals surface area contributed by atoms with Gasteiger partial charge in [-0.05, 0) is 51.0 Å². The Morgan fingerprint density at radius 3 is 1.52 bits per heavy atom.